The maximum absolute atomic E-state index is 5.98. The van der Waals surface area contributed by atoms with E-state index in [1.54, 1.807) is 0 Å². The summed E-state index contributed by atoms with van der Waals surface area (Å²) in [5.41, 5.74) is 0. The second-order valence-corrected chi connectivity index (χ2v) is 5.31. The molecule has 0 saturated heterocycles. The highest BCUT2D eigenvalue weighted by molar-refractivity contribution is 4.84. The highest BCUT2D eigenvalue weighted by Gasteiger charge is 2.29. The van der Waals surface area contributed by atoms with Crippen molar-refractivity contribution in [2.45, 2.75) is 64.7 Å². The van der Waals surface area contributed by atoms with Crippen molar-refractivity contribution in [2.75, 3.05) is 20.3 Å². The van der Waals surface area contributed by atoms with Crippen LogP contribution in [0, 0.1) is 5.92 Å². The second kappa shape index (κ2) is 8.06. The zero-order valence-electron chi connectivity index (χ0n) is 11.9. The monoisotopic (exact) mass is 243 g/mol. The fourth-order valence-electron chi connectivity index (χ4n) is 2.58. The van der Waals surface area contributed by atoms with E-state index in [1.807, 2.05) is 7.05 Å². The van der Waals surface area contributed by atoms with Gasteiger partial charge in [-0.1, -0.05) is 13.3 Å². The van der Waals surface area contributed by atoms with E-state index in [-0.39, 0.29) is 0 Å². The minimum absolute atomic E-state index is 0.299. The minimum atomic E-state index is 0.299. The molecular formula is C14H29NO2. The van der Waals surface area contributed by atoms with Gasteiger partial charge in [0.25, 0.3) is 0 Å². The van der Waals surface area contributed by atoms with E-state index in [1.165, 1.54) is 25.7 Å². The summed E-state index contributed by atoms with van der Waals surface area (Å²) in [5.74, 6) is 0.843. The fraction of sp³-hybridized carbons (Fsp3) is 1.00. The Kier molecular flexibility index (Phi) is 7.09. The van der Waals surface area contributed by atoms with Gasteiger partial charge in [-0.05, 0) is 46.1 Å². The van der Waals surface area contributed by atoms with Crippen LogP contribution in [0.2, 0.25) is 0 Å². The Labute approximate surface area is 106 Å². The van der Waals surface area contributed by atoms with E-state index in [4.69, 9.17) is 9.47 Å². The van der Waals surface area contributed by atoms with Crippen LogP contribution in [0.1, 0.15) is 46.5 Å². The van der Waals surface area contributed by atoms with Crippen molar-refractivity contribution < 1.29 is 9.47 Å². The molecule has 102 valence electrons. The summed E-state index contributed by atoms with van der Waals surface area (Å²) in [5, 5.41) is 3.38. The highest BCUT2D eigenvalue weighted by Crippen LogP contribution is 2.28. The molecule has 1 aliphatic carbocycles. The summed E-state index contributed by atoms with van der Waals surface area (Å²) >= 11 is 0. The van der Waals surface area contributed by atoms with Gasteiger partial charge in [0.15, 0.2) is 0 Å². The molecule has 3 unspecified atom stereocenters. The van der Waals surface area contributed by atoms with Crippen molar-refractivity contribution in [3.63, 3.8) is 0 Å². The van der Waals surface area contributed by atoms with Gasteiger partial charge in [0.05, 0.1) is 25.4 Å². The van der Waals surface area contributed by atoms with E-state index >= 15 is 0 Å². The molecule has 1 saturated carbocycles. The van der Waals surface area contributed by atoms with Gasteiger partial charge in [-0.3, -0.25) is 0 Å². The molecule has 0 amide bonds. The number of rotatable bonds is 7. The van der Waals surface area contributed by atoms with E-state index in [0.717, 1.165) is 12.5 Å². The van der Waals surface area contributed by atoms with Gasteiger partial charge in [0.1, 0.15) is 0 Å². The minimum Gasteiger partial charge on any atom is -0.376 e. The standard InChI is InChI=1S/C14H29NO2/c1-5-12-6-7-13(15-4)14(10-12)17-9-8-16-11(2)3/h11-15H,5-10H2,1-4H3. The topological polar surface area (TPSA) is 30.5 Å². The van der Waals surface area contributed by atoms with Crippen molar-refractivity contribution >= 4 is 0 Å². The lowest BCUT2D eigenvalue weighted by molar-refractivity contribution is -0.0445. The maximum Gasteiger partial charge on any atom is 0.0731 e. The predicted octanol–water partition coefficient (Wildman–Crippen LogP) is 2.59. The summed E-state index contributed by atoms with van der Waals surface area (Å²) in [6.07, 6.45) is 5.72. The SMILES string of the molecule is CCC1CCC(NC)C(OCCOC(C)C)C1. The fourth-order valence-corrected chi connectivity index (χ4v) is 2.58. The summed E-state index contributed by atoms with van der Waals surface area (Å²) in [4.78, 5) is 0. The van der Waals surface area contributed by atoms with Crippen LogP contribution in [0.3, 0.4) is 0 Å². The lowest BCUT2D eigenvalue weighted by atomic mass is 9.82. The molecule has 0 aromatic rings. The van der Waals surface area contributed by atoms with E-state index in [2.05, 4.69) is 26.1 Å². The van der Waals surface area contributed by atoms with Crippen LogP contribution in [0.15, 0.2) is 0 Å². The zero-order chi connectivity index (χ0) is 12.7. The summed E-state index contributed by atoms with van der Waals surface area (Å²) in [7, 11) is 2.04. The maximum atomic E-state index is 5.98. The van der Waals surface area contributed by atoms with Crippen molar-refractivity contribution in [3.05, 3.63) is 0 Å². The lowest BCUT2D eigenvalue weighted by Gasteiger charge is -2.35. The van der Waals surface area contributed by atoms with Gasteiger partial charge in [-0.2, -0.15) is 0 Å². The van der Waals surface area contributed by atoms with Gasteiger partial charge < -0.3 is 14.8 Å². The van der Waals surface area contributed by atoms with Crippen molar-refractivity contribution in [1.82, 2.24) is 5.32 Å². The molecule has 1 rings (SSSR count). The number of likely N-dealkylation sites (N-methyl/N-ethyl adjacent to an activating group) is 1. The Morgan fingerprint density at radius 1 is 1.24 bits per heavy atom. The smallest absolute Gasteiger partial charge is 0.0731 e. The molecule has 17 heavy (non-hydrogen) atoms. The zero-order valence-corrected chi connectivity index (χ0v) is 11.9. The Morgan fingerprint density at radius 3 is 2.59 bits per heavy atom. The molecule has 0 aromatic heterocycles. The molecule has 0 aromatic carbocycles. The van der Waals surface area contributed by atoms with Crippen LogP contribution in [0.25, 0.3) is 0 Å². The quantitative estimate of drug-likeness (QED) is 0.697. The number of hydrogen-bond donors (Lipinski definition) is 1. The molecule has 1 aliphatic rings. The molecule has 0 aliphatic heterocycles. The first-order valence-electron chi connectivity index (χ1n) is 7.07. The van der Waals surface area contributed by atoms with Gasteiger partial charge in [-0.15, -0.1) is 0 Å². The lowest BCUT2D eigenvalue weighted by Crippen LogP contribution is -2.44. The summed E-state index contributed by atoms with van der Waals surface area (Å²) < 4.78 is 11.5. The normalized spacial score (nSPS) is 29.8. The van der Waals surface area contributed by atoms with Crippen LogP contribution >= 0.6 is 0 Å². The molecule has 1 fully saturated rings. The average molecular weight is 243 g/mol. The molecule has 0 spiro atoms. The number of nitrogens with one attached hydrogen (secondary N) is 1. The van der Waals surface area contributed by atoms with E-state index in [0.29, 0.717) is 24.9 Å². The van der Waals surface area contributed by atoms with Crippen LogP contribution in [-0.2, 0) is 9.47 Å². The number of ether oxygens (including phenoxy) is 2. The first-order valence-corrected chi connectivity index (χ1v) is 7.07. The molecular weight excluding hydrogens is 214 g/mol. The van der Waals surface area contributed by atoms with E-state index < -0.39 is 0 Å². The molecule has 0 radical (unpaired) electrons. The highest BCUT2D eigenvalue weighted by atomic mass is 16.5. The van der Waals surface area contributed by atoms with Crippen molar-refractivity contribution in [3.8, 4) is 0 Å². The van der Waals surface area contributed by atoms with Gasteiger partial charge in [-0.25, -0.2) is 0 Å². The Hall–Kier alpha value is -0.120. The summed E-state index contributed by atoms with van der Waals surface area (Å²) in [6.45, 7) is 7.83. The van der Waals surface area contributed by atoms with Gasteiger partial charge in [0.2, 0.25) is 0 Å². The molecule has 3 nitrogen and oxygen atoms in total. The van der Waals surface area contributed by atoms with Crippen molar-refractivity contribution in [2.24, 2.45) is 5.92 Å². The second-order valence-electron chi connectivity index (χ2n) is 5.31. The summed E-state index contributed by atoms with van der Waals surface area (Å²) in [6, 6.07) is 0.525. The molecule has 0 bridgehead atoms. The van der Waals surface area contributed by atoms with Crippen molar-refractivity contribution in [1.29, 1.82) is 0 Å². The van der Waals surface area contributed by atoms with Crippen LogP contribution in [-0.4, -0.2) is 38.5 Å². The Balaban J connectivity index is 2.26. The van der Waals surface area contributed by atoms with Gasteiger partial charge >= 0.3 is 0 Å². The molecule has 0 heterocycles. The van der Waals surface area contributed by atoms with Gasteiger partial charge in [0, 0.05) is 6.04 Å². The molecule has 3 heteroatoms. The third-order valence-corrected chi connectivity index (χ3v) is 3.71. The van der Waals surface area contributed by atoms with Crippen LogP contribution in [0.4, 0.5) is 0 Å². The third kappa shape index (κ3) is 5.36. The number of hydrogen-bond acceptors (Lipinski definition) is 3. The Bertz CT molecular complexity index is 197. The first-order chi connectivity index (χ1) is 8.17. The Morgan fingerprint density at radius 2 is 2.00 bits per heavy atom. The third-order valence-electron chi connectivity index (χ3n) is 3.71. The molecule has 1 N–H and O–H groups in total. The largest absolute Gasteiger partial charge is 0.376 e. The van der Waals surface area contributed by atoms with E-state index in [9.17, 15) is 0 Å². The van der Waals surface area contributed by atoms with Crippen LogP contribution < -0.4 is 5.32 Å². The first kappa shape index (κ1) is 14.9. The van der Waals surface area contributed by atoms with Crippen LogP contribution in [0.5, 0.6) is 0 Å². The molecule has 3 atom stereocenters. The average Bonchev–Trinajstić information content (AvgIpc) is 2.34. The predicted molar refractivity (Wildman–Crippen MR) is 71.3 cm³/mol.